The summed E-state index contributed by atoms with van der Waals surface area (Å²) in [6.07, 6.45) is 10.4. The Morgan fingerprint density at radius 1 is 1.21 bits per heavy atom. The number of carbonyl (C=O) groups excluding carboxylic acids is 1. The lowest BCUT2D eigenvalue weighted by Crippen LogP contribution is -2.23. The highest BCUT2D eigenvalue weighted by molar-refractivity contribution is 6.00. The maximum absolute atomic E-state index is 13.0. The molecule has 0 aliphatic carbocycles. The van der Waals surface area contributed by atoms with Crippen molar-refractivity contribution in [3.05, 3.63) is 88.5 Å². The largest absolute Gasteiger partial charge is 0.496 e. The average molecular weight is 444 g/mol. The predicted molar refractivity (Wildman–Crippen MR) is 127 cm³/mol. The van der Waals surface area contributed by atoms with Gasteiger partial charge in [0, 0.05) is 65.0 Å². The van der Waals surface area contributed by atoms with Crippen LogP contribution in [-0.4, -0.2) is 32.5 Å². The second-order valence-corrected chi connectivity index (χ2v) is 7.65. The zero-order valence-electron chi connectivity index (χ0n) is 18.8. The maximum Gasteiger partial charge on any atom is 0.275 e. The highest BCUT2D eigenvalue weighted by Gasteiger charge is 2.18. The SMILES string of the molecule is C/C=C/Cn1cc(-c2cc(C(=O)NCc3cncnc3)ccc2OC)c2cc(C)[nH]c2c1=O. The Bertz CT molecular complexity index is 1390. The van der Waals surface area contributed by atoms with E-state index >= 15 is 0 Å². The van der Waals surface area contributed by atoms with Crippen molar-refractivity contribution in [3.8, 4) is 16.9 Å². The standard InChI is InChI=1S/C25H25N5O3/c1-4-5-8-30-14-21(20-9-16(2)29-23(20)25(30)32)19-10-18(6-7-22(19)33-3)24(31)28-13-17-11-26-15-27-12-17/h4-7,9-12,14-15,29H,8,13H2,1-3H3,(H,28,31)/b5-4+. The van der Waals surface area contributed by atoms with Gasteiger partial charge in [-0.2, -0.15) is 0 Å². The molecule has 0 saturated carbocycles. The van der Waals surface area contributed by atoms with Gasteiger partial charge in [0.2, 0.25) is 0 Å². The van der Waals surface area contributed by atoms with Crippen molar-refractivity contribution in [3.63, 3.8) is 0 Å². The lowest BCUT2D eigenvalue weighted by atomic mass is 9.99. The highest BCUT2D eigenvalue weighted by Crippen LogP contribution is 2.35. The highest BCUT2D eigenvalue weighted by atomic mass is 16.5. The number of allylic oxidation sites excluding steroid dienone is 2. The number of pyridine rings is 1. The quantitative estimate of drug-likeness (QED) is 0.425. The normalized spacial score (nSPS) is 11.2. The summed E-state index contributed by atoms with van der Waals surface area (Å²) < 4.78 is 7.26. The molecule has 0 spiro atoms. The van der Waals surface area contributed by atoms with Gasteiger partial charge >= 0.3 is 0 Å². The third kappa shape index (κ3) is 4.55. The first-order chi connectivity index (χ1) is 16.0. The summed E-state index contributed by atoms with van der Waals surface area (Å²) in [4.78, 5) is 36.9. The molecule has 0 fully saturated rings. The molecular formula is C25H25N5O3. The van der Waals surface area contributed by atoms with Gasteiger partial charge in [-0.25, -0.2) is 9.97 Å². The zero-order valence-corrected chi connectivity index (χ0v) is 18.8. The Morgan fingerprint density at radius 3 is 2.73 bits per heavy atom. The Morgan fingerprint density at radius 2 is 2.00 bits per heavy atom. The molecule has 0 bridgehead atoms. The van der Waals surface area contributed by atoms with Gasteiger partial charge in [-0.1, -0.05) is 12.2 Å². The molecule has 3 heterocycles. The fraction of sp³-hybridized carbons (Fsp3) is 0.200. The van der Waals surface area contributed by atoms with Crippen molar-refractivity contribution in [2.45, 2.75) is 26.9 Å². The molecule has 0 aliphatic rings. The molecule has 0 aliphatic heterocycles. The lowest BCUT2D eigenvalue weighted by Gasteiger charge is -2.14. The van der Waals surface area contributed by atoms with Crippen molar-refractivity contribution in [2.75, 3.05) is 7.11 Å². The van der Waals surface area contributed by atoms with Crippen LogP contribution in [0.3, 0.4) is 0 Å². The summed E-state index contributed by atoms with van der Waals surface area (Å²) in [5, 5.41) is 3.67. The van der Waals surface area contributed by atoms with Crippen LogP contribution in [0.25, 0.3) is 22.0 Å². The van der Waals surface area contributed by atoms with E-state index in [1.54, 1.807) is 42.3 Å². The van der Waals surface area contributed by atoms with Crippen LogP contribution in [0.2, 0.25) is 0 Å². The number of aromatic amines is 1. The molecule has 8 heteroatoms. The number of ether oxygens (including phenoxy) is 1. The molecule has 1 aromatic carbocycles. The number of amides is 1. The van der Waals surface area contributed by atoms with Crippen LogP contribution < -0.4 is 15.6 Å². The Hall–Kier alpha value is -4.20. The molecular weight excluding hydrogens is 418 g/mol. The average Bonchev–Trinajstić information content (AvgIpc) is 3.24. The molecule has 8 nitrogen and oxygen atoms in total. The summed E-state index contributed by atoms with van der Waals surface area (Å²) in [6.45, 7) is 4.58. The number of aryl methyl sites for hydroxylation is 1. The number of hydrogen-bond acceptors (Lipinski definition) is 5. The van der Waals surface area contributed by atoms with E-state index in [1.807, 2.05) is 38.3 Å². The molecule has 33 heavy (non-hydrogen) atoms. The minimum Gasteiger partial charge on any atom is -0.496 e. The monoisotopic (exact) mass is 443 g/mol. The van der Waals surface area contributed by atoms with Gasteiger partial charge in [0.25, 0.3) is 11.5 Å². The summed E-state index contributed by atoms with van der Waals surface area (Å²) in [5.41, 5.74) is 4.13. The summed E-state index contributed by atoms with van der Waals surface area (Å²) in [6, 6.07) is 7.21. The minimum absolute atomic E-state index is 0.0992. The van der Waals surface area contributed by atoms with Crippen LogP contribution in [0.15, 0.2) is 66.1 Å². The number of aromatic nitrogens is 4. The van der Waals surface area contributed by atoms with Crippen LogP contribution in [0.1, 0.15) is 28.5 Å². The fourth-order valence-electron chi connectivity index (χ4n) is 3.73. The Balaban J connectivity index is 1.78. The minimum atomic E-state index is -0.230. The summed E-state index contributed by atoms with van der Waals surface area (Å²) in [5.74, 6) is 0.380. The van der Waals surface area contributed by atoms with Crippen LogP contribution in [0.5, 0.6) is 5.75 Å². The summed E-state index contributed by atoms with van der Waals surface area (Å²) in [7, 11) is 1.59. The van der Waals surface area contributed by atoms with Crippen molar-refractivity contribution in [2.24, 2.45) is 0 Å². The van der Waals surface area contributed by atoms with Crippen LogP contribution in [-0.2, 0) is 13.1 Å². The van der Waals surface area contributed by atoms with Gasteiger partial charge in [-0.3, -0.25) is 9.59 Å². The second kappa shape index (κ2) is 9.52. The first-order valence-electron chi connectivity index (χ1n) is 10.6. The first-order valence-corrected chi connectivity index (χ1v) is 10.6. The van der Waals surface area contributed by atoms with Crippen molar-refractivity contribution >= 4 is 16.8 Å². The van der Waals surface area contributed by atoms with E-state index in [0.717, 1.165) is 27.8 Å². The van der Waals surface area contributed by atoms with E-state index in [9.17, 15) is 9.59 Å². The topological polar surface area (TPSA) is 102 Å². The molecule has 1 amide bonds. The Labute approximate surface area is 191 Å². The van der Waals surface area contributed by atoms with Crippen LogP contribution >= 0.6 is 0 Å². The summed E-state index contributed by atoms with van der Waals surface area (Å²) >= 11 is 0. The molecule has 0 saturated heterocycles. The van der Waals surface area contributed by atoms with Crippen LogP contribution in [0, 0.1) is 6.92 Å². The maximum atomic E-state index is 13.0. The third-order valence-corrected chi connectivity index (χ3v) is 5.36. The molecule has 2 N–H and O–H groups in total. The van der Waals surface area contributed by atoms with Crippen molar-refractivity contribution in [1.29, 1.82) is 0 Å². The molecule has 4 rings (SSSR count). The molecule has 4 aromatic rings. The number of carbonyl (C=O) groups is 1. The lowest BCUT2D eigenvalue weighted by molar-refractivity contribution is 0.0951. The second-order valence-electron chi connectivity index (χ2n) is 7.65. The smallest absolute Gasteiger partial charge is 0.275 e. The number of methoxy groups -OCH3 is 1. The van der Waals surface area contributed by atoms with Crippen molar-refractivity contribution < 1.29 is 9.53 Å². The number of H-pyrrole nitrogens is 1. The number of hydrogen-bond donors (Lipinski definition) is 2. The van der Waals surface area contributed by atoms with E-state index < -0.39 is 0 Å². The number of fused-ring (bicyclic) bond motifs is 1. The number of nitrogens with one attached hydrogen (secondary N) is 2. The van der Waals surface area contributed by atoms with Crippen molar-refractivity contribution in [1.82, 2.24) is 24.8 Å². The van der Waals surface area contributed by atoms with E-state index in [4.69, 9.17) is 4.74 Å². The zero-order chi connectivity index (χ0) is 23.4. The van der Waals surface area contributed by atoms with E-state index in [-0.39, 0.29) is 11.5 Å². The first kappa shape index (κ1) is 22.0. The van der Waals surface area contributed by atoms with Gasteiger partial charge in [-0.05, 0) is 38.1 Å². The number of benzene rings is 1. The molecule has 3 aromatic heterocycles. The molecule has 0 unspecified atom stereocenters. The van der Waals surface area contributed by atoms with Crippen LogP contribution in [0.4, 0.5) is 0 Å². The third-order valence-electron chi connectivity index (χ3n) is 5.36. The van der Waals surface area contributed by atoms with Gasteiger partial charge in [0.05, 0.1) is 7.11 Å². The van der Waals surface area contributed by atoms with E-state index in [0.29, 0.717) is 29.9 Å². The van der Waals surface area contributed by atoms with Gasteiger partial charge in [-0.15, -0.1) is 0 Å². The van der Waals surface area contributed by atoms with Gasteiger partial charge < -0.3 is 19.6 Å². The predicted octanol–water partition coefficient (Wildman–Crippen LogP) is 3.61. The fourth-order valence-corrected chi connectivity index (χ4v) is 3.73. The molecule has 0 atom stereocenters. The van der Waals surface area contributed by atoms with E-state index in [2.05, 4.69) is 20.3 Å². The Kier molecular flexibility index (Phi) is 6.35. The van der Waals surface area contributed by atoms with Gasteiger partial charge in [0.1, 0.15) is 17.6 Å². The van der Waals surface area contributed by atoms with E-state index in [1.165, 1.54) is 6.33 Å². The number of nitrogens with zero attached hydrogens (tertiary/aromatic N) is 3. The molecule has 168 valence electrons. The number of rotatable bonds is 7. The van der Waals surface area contributed by atoms with Gasteiger partial charge in [0.15, 0.2) is 0 Å². The molecule has 0 radical (unpaired) electrons.